The summed E-state index contributed by atoms with van der Waals surface area (Å²) in [5, 5.41) is 2.74. The molecule has 1 N–H and O–H groups in total. The smallest absolute Gasteiger partial charge is 0.311 e. The summed E-state index contributed by atoms with van der Waals surface area (Å²) in [6.45, 7) is 1.43. The number of carbonyl (C=O) groups excluding carboxylic acids is 2. The van der Waals surface area contributed by atoms with Gasteiger partial charge in [0.15, 0.2) is 6.10 Å². The molecule has 5 nitrogen and oxygen atoms in total. The second-order valence-corrected chi connectivity index (χ2v) is 5.64. The van der Waals surface area contributed by atoms with Crippen LogP contribution in [0, 0.1) is 5.82 Å². The van der Waals surface area contributed by atoms with E-state index in [-0.39, 0.29) is 17.0 Å². The van der Waals surface area contributed by atoms with E-state index in [0.717, 1.165) is 0 Å². The molecule has 2 aromatic carbocycles. The fraction of sp³-hybridized carbons (Fsp3) is 0.222. The van der Waals surface area contributed by atoms with Gasteiger partial charge in [-0.25, -0.2) is 4.39 Å². The maximum Gasteiger partial charge on any atom is 0.311 e. The summed E-state index contributed by atoms with van der Waals surface area (Å²) in [7, 11) is 1.51. The van der Waals surface area contributed by atoms with Crippen molar-refractivity contribution in [1.29, 1.82) is 0 Å². The van der Waals surface area contributed by atoms with E-state index in [1.807, 2.05) is 0 Å². The van der Waals surface area contributed by atoms with Gasteiger partial charge in [0.2, 0.25) is 0 Å². The van der Waals surface area contributed by atoms with E-state index in [1.54, 1.807) is 24.3 Å². The maximum absolute atomic E-state index is 13.7. The highest BCUT2D eigenvalue weighted by Crippen LogP contribution is 2.20. The van der Waals surface area contributed by atoms with Crippen molar-refractivity contribution in [3.8, 4) is 5.75 Å². The molecule has 0 aromatic heterocycles. The van der Waals surface area contributed by atoms with Crippen molar-refractivity contribution in [1.82, 2.24) is 0 Å². The van der Waals surface area contributed by atoms with E-state index in [2.05, 4.69) is 5.32 Å². The van der Waals surface area contributed by atoms with Gasteiger partial charge in [-0.1, -0.05) is 23.7 Å². The number of amides is 1. The Morgan fingerprint density at radius 3 is 2.64 bits per heavy atom. The molecule has 0 radical (unpaired) electrons. The molecule has 132 valence electrons. The van der Waals surface area contributed by atoms with Crippen molar-refractivity contribution in [2.24, 2.45) is 0 Å². The van der Waals surface area contributed by atoms with Crippen LogP contribution in [0.1, 0.15) is 12.5 Å². The third-order valence-corrected chi connectivity index (χ3v) is 3.75. The van der Waals surface area contributed by atoms with Gasteiger partial charge in [0.25, 0.3) is 5.91 Å². The molecule has 2 rings (SSSR count). The summed E-state index contributed by atoms with van der Waals surface area (Å²) in [5.74, 6) is -1.28. The number of benzene rings is 2. The highest BCUT2D eigenvalue weighted by Gasteiger charge is 2.20. The summed E-state index contributed by atoms with van der Waals surface area (Å²) in [4.78, 5) is 24.0. The van der Waals surface area contributed by atoms with Gasteiger partial charge in [0.1, 0.15) is 11.6 Å². The molecule has 0 saturated heterocycles. The van der Waals surface area contributed by atoms with Gasteiger partial charge in [-0.05, 0) is 31.2 Å². The van der Waals surface area contributed by atoms with Crippen molar-refractivity contribution < 1.29 is 23.5 Å². The minimum absolute atomic E-state index is 0.0366. The van der Waals surface area contributed by atoms with Crippen LogP contribution in [0.3, 0.4) is 0 Å². The zero-order valence-corrected chi connectivity index (χ0v) is 14.5. The average Bonchev–Trinajstić information content (AvgIpc) is 2.58. The molecular weight excluding hydrogens is 349 g/mol. The van der Waals surface area contributed by atoms with Crippen LogP contribution in [-0.2, 0) is 20.7 Å². The number of ether oxygens (including phenoxy) is 2. The summed E-state index contributed by atoms with van der Waals surface area (Å²) >= 11 is 5.87. The Labute approximate surface area is 149 Å². The lowest BCUT2D eigenvalue weighted by molar-refractivity contribution is -0.152. The predicted octanol–water partition coefficient (Wildman–Crippen LogP) is 3.60. The van der Waals surface area contributed by atoms with Gasteiger partial charge in [0.05, 0.1) is 13.5 Å². The third-order valence-electron chi connectivity index (χ3n) is 3.40. The molecular formula is C18H17ClFNO4. The normalized spacial score (nSPS) is 11.5. The van der Waals surface area contributed by atoms with Crippen molar-refractivity contribution in [2.75, 3.05) is 12.4 Å². The molecule has 0 fully saturated rings. The Bertz CT molecular complexity index is 761. The van der Waals surface area contributed by atoms with Crippen LogP contribution < -0.4 is 10.1 Å². The highest BCUT2D eigenvalue weighted by molar-refractivity contribution is 6.31. The third kappa shape index (κ3) is 5.19. The summed E-state index contributed by atoms with van der Waals surface area (Å²) < 4.78 is 23.8. The number of methoxy groups -OCH3 is 1. The second-order valence-electron chi connectivity index (χ2n) is 5.23. The van der Waals surface area contributed by atoms with E-state index < -0.39 is 23.8 Å². The SMILES string of the molecule is COc1cccc(NC(=O)[C@@H](C)OC(=O)Cc2c(F)cccc2Cl)c1. The van der Waals surface area contributed by atoms with E-state index in [9.17, 15) is 14.0 Å². The van der Waals surface area contributed by atoms with E-state index >= 15 is 0 Å². The van der Waals surface area contributed by atoms with Gasteiger partial charge >= 0.3 is 5.97 Å². The van der Waals surface area contributed by atoms with Gasteiger partial charge in [-0.3, -0.25) is 9.59 Å². The zero-order chi connectivity index (χ0) is 18.4. The molecule has 0 saturated carbocycles. The van der Waals surface area contributed by atoms with Crippen molar-refractivity contribution >= 4 is 29.2 Å². The fourth-order valence-corrected chi connectivity index (χ4v) is 2.31. The lowest BCUT2D eigenvalue weighted by atomic mass is 10.1. The van der Waals surface area contributed by atoms with Crippen LogP contribution >= 0.6 is 11.6 Å². The van der Waals surface area contributed by atoms with Gasteiger partial charge < -0.3 is 14.8 Å². The minimum Gasteiger partial charge on any atom is -0.497 e. The number of anilines is 1. The largest absolute Gasteiger partial charge is 0.497 e. The van der Waals surface area contributed by atoms with Crippen LogP contribution in [0.15, 0.2) is 42.5 Å². The number of rotatable bonds is 6. The first kappa shape index (κ1) is 18.7. The first-order valence-electron chi connectivity index (χ1n) is 7.48. The molecule has 1 amide bonds. The Kier molecular flexibility index (Phi) is 6.36. The number of esters is 1. The van der Waals surface area contributed by atoms with Gasteiger partial charge in [-0.15, -0.1) is 0 Å². The van der Waals surface area contributed by atoms with Crippen molar-refractivity contribution in [3.05, 3.63) is 58.9 Å². The maximum atomic E-state index is 13.7. The molecule has 0 aliphatic heterocycles. The van der Waals surface area contributed by atoms with Crippen LogP contribution in [0.2, 0.25) is 5.02 Å². The molecule has 0 spiro atoms. The molecule has 7 heteroatoms. The van der Waals surface area contributed by atoms with E-state index in [4.69, 9.17) is 21.1 Å². The first-order valence-corrected chi connectivity index (χ1v) is 7.85. The average molecular weight is 366 g/mol. The molecule has 0 aliphatic carbocycles. The van der Waals surface area contributed by atoms with Crippen LogP contribution in [0.5, 0.6) is 5.75 Å². The van der Waals surface area contributed by atoms with Crippen LogP contribution in [0.25, 0.3) is 0 Å². The number of nitrogens with one attached hydrogen (secondary N) is 1. The molecule has 0 unspecified atom stereocenters. The van der Waals surface area contributed by atoms with Crippen LogP contribution in [0.4, 0.5) is 10.1 Å². The Morgan fingerprint density at radius 2 is 1.96 bits per heavy atom. The van der Waals surface area contributed by atoms with Crippen LogP contribution in [-0.4, -0.2) is 25.1 Å². The number of hydrogen-bond donors (Lipinski definition) is 1. The monoisotopic (exact) mass is 365 g/mol. The lowest BCUT2D eigenvalue weighted by Crippen LogP contribution is -2.30. The number of halogens is 2. The summed E-state index contributed by atoms with van der Waals surface area (Å²) in [6.07, 6.45) is -1.41. The molecule has 0 aliphatic rings. The molecule has 1 atom stereocenters. The number of carbonyl (C=O) groups is 2. The Hall–Kier alpha value is -2.60. The molecule has 2 aromatic rings. The van der Waals surface area contributed by atoms with Gasteiger partial charge in [-0.2, -0.15) is 0 Å². The lowest BCUT2D eigenvalue weighted by Gasteiger charge is -2.14. The topological polar surface area (TPSA) is 64.6 Å². The standard InChI is InChI=1S/C18H17ClFNO4/c1-11(18(23)21-12-5-3-6-13(9-12)24-2)25-17(22)10-14-15(19)7-4-8-16(14)20/h3-9,11H,10H2,1-2H3,(H,21,23)/t11-/m1/s1. The zero-order valence-electron chi connectivity index (χ0n) is 13.7. The molecule has 0 bridgehead atoms. The van der Waals surface area contributed by atoms with E-state index in [0.29, 0.717) is 11.4 Å². The second kappa shape index (κ2) is 8.48. The summed E-state index contributed by atoms with van der Waals surface area (Å²) in [6, 6.07) is 10.9. The molecule has 25 heavy (non-hydrogen) atoms. The quantitative estimate of drug-likeness (QED) is 0.794. The summed E-state index contributed by atoms with van der Waals surface area (Å²) in [5.41, 5.74) is 0.541. The predicted molar refractivity (Wildman–Crippen MR) is 92.3 cm³/mol. The fourth-order valence-electron chi connectivity index (χ4n) is 2.08. The number of hydrogen-bond acceptors (Lipinski definition) is 4. The van der Waals surface area contributed by atoms with Crippen molar-refractivity contribution in [3.63, 3.8) is 0 Å². The van der Waals surface area contributed by atoms with E-state index in [1.165, 1.54) is 32.2 Å². The van der Waals surface area contributed by atoms with Crippen molar-refractivity contribution in [2.45, 2.75) is 19.4 Å². The Morgan fingerprint density at radius 1 is 1.24 bits per heavy atom. The Balaban J connectivity index is 1.95. The first-order chi connectivity index (χ1) is 11.9. The molecule has 0 heterocycles. The minimum atomic E-state index is -1.05. The van der Waals surface area contributed by atoms with Gasteiger partial charge in [0, 0.05) is 22.3 Å². The highest BCUT2D eigenvalue weighted by atomic mass is 35.5.